The van der Waals surface area contributed by atoms with Crippen LogP contribution in [0.5, 0.6) is 0 Å². The molecule has 0 aromatic rings. The molecule has 1 atom stereocenters. The number of amides is 1. The number of hydrogen-bond donors (Lipinski definition) is 2. The van der Waals surface area contributed by atoms with Crippen LogP contribution in [0.25, 0.3) is 0 Å². The van der Waals surface area contributed by atoms with Gasteiger partial charge >= 0.3 is 0 Å². The molecule has 5 nitrogen and oxygen atoms in total. The first-order valence-electron chi connectivity index (χ1n) is 6.27. The standard InChI is InChI=1S/C12H24N2O3/c1-9(7-16-2)14-12(15)8-17-11-5-3-10(13)4-6-11/h9-11H,3-8,13H2,1-2H3,(H,14,15). The zero-order valence-electron chi connectivity index (χ0n) is 10.8. The number of rotatable bonds is 6. The maximum absolute atomic E-state index is 11.5. The second-order valence-electron chi connectivity index (χ2n) is 4.77. The van der Waals surface area contributed by atoms with Crippen molar-refractivity contribution in [2.45, 2.75) is 50.8 Å². The molecule has 1 aliphatic rings. The van der Waals surface area contributed by atoms with E-state index >= 15 is 0 Å². The fraction of sp³-hybridized carbons (Fsp3) is 0.917. The molecule has 1 rings (SSSR count). The second kappa shape index (κ2) is 7.63. The predicted molar refractivity (Wildman–Crippen MR) is 65.7 cm³/mol. The van der Waals surface area contributed by atoms with Gasteiger partial charge in [0.15, 0.2) is 0 Å². The highest BCUT2D eigenvalue weighted by molar-refractivity contribution is 5.77. The Hall–Kier alpha value is -0.650. The molecule has 1 unspecified atom stereocenters. The topological polar surface area (TPSA) is 73.6 Å². The van der Waals surface area contributed by atoms with Crippen LogP contribution in [0.3, 0.4) is 0 Å². The fourth-order valence-electron chi connectivity index (χ4n) is 2.06. The maximum Gasteiger partial charge on any atom is 0.246 e. The molecule has 100 valence electrons. The largest absolute Gasteiger partial charge is 0.383 e. The molecule has 0 spiro atoms. The van der Waals surface area contributed by atoms with Gasteiger partial charge in [-0.1, -0.05) is 0 Å². The van der Waals surface area contributed by atoms with Crippen molar-refractivity contribution in [2.24, 2.45) is 5.73 Å². The van der Waals surface area contributed by atoms with E-state index in [1.165, 1.54) is 0 Å². The van der Waals surface area contributed by atoms with Crippen molar-refractivity contribution in [1.29, 1.82) is 0 Å². The molecular weight excluding hydrogens is 220 g/mol. The van der Waals surface area contributed by atoms with Crippen molar-refractivity contribution < 1.29 is 14.3 Å². The van der Waals surface area contributed by atoms with Crippen molar-refractivity contribution >= 4 is 5.91 Å². The second-order valence-corrected chi connectivity index (χ2v) is 4.77. The molecule has 1 saturated carbocycles. The Morgan fingerprint density at radius 2 is 2.06 bits per heavy atom. The number of carbonyl (C=O) groups excluding carboxylic acids is 1. The van der Waals surface area contributed by atoms with Crippen LogP contribution >= 0.6 is 0 Å². The third kappa shape index (κ3) is 6.00. The van der Waals surface area contributed by atoms with E-state index in [1.54, 1.807) is 7.11 Å². The predicted octanol–water partition coefficient (Wildman–Crippen LogP) is 0.424. The lowest BCUT2D eigenvalue weighted by molar-refractivity contribution is -0.129. The lowest BCUT2D eigenvalue weighted by Gasteiger charge is -2.26. The summed E-state index contributed by atoms with van der Waals surface area (Å²) in [4.78, 5) is 11.5. The lowest BCUT2D eigenvalue weighted by Crippen LogP contribution is -2.39. The first-order valence-corrected chi connectivity index (χ1v) is 6.27. The Kier molecular flexibility index (Phi) is 6.47. The van der Waals surface area contributed by atoms with Gasteiger partial charge in [0.2, 0.25) is 5.91 Å². The number of hydrogen-bond acceptors (Lipinski definition) is 4. The minimum absolute atomic E-state index is 0.0240. The Balaban J connectivity index is 2.11. The molecule has 1 fully saturated rings. The SMILES string of the molecule is COCC(C)NC(=O)COC1CCC(N)CC1. The summed E-state index contributed by atoms with van der Waals surface area (Å²) in [6.07, 6.45) is 4.10. The molecule has 0 aromatic carbocycles. The van der Waals surface area contributed by atoms with E-state index in [4.69, 9.17) is 15.2 Å². The Morgan fingerprint density at radius 1 is 1.41 bits per heavy atom. The average molecular weight is 244 g/mol. The fourth-order valence-corrected chi connectivity index (χ4v) is 2.06. The molecule has 17 heavy (non-hydrogen) atoms. The van der Waals surface area contributed by atoms with Crippen LogP contribution in [0.2, 0.25) is 0 Å². The monoisotopic (exact) mass is 244 g/mol. The van der Waals surface area contributed by atoms with E-state index < -0.39 is 0 Å². The number of nitrogens with one attached hydrogen (secondary N) is 1. The molecular formula is C12H24N2O3. The van der Waals surface area contributed by atoms with Gasteiger partial charge in [-0.15, -0.1) is 0 Å². The van der Waals surface area contributed by atoms with Gasteiger partial charge in [0.05, 0.1) is 12.7 Å². The van der Waals surface area contributed by atoms with Crippen LogP contribution in [0, 0.1) is 0 Å². The smallest absolute Gasteiger partial charge is 0.246 e. The molecule has 1 amide bonds. The molecule has 0 saturated heterocycles. The summed E-state index contributed by atoms with van der Waals surface area (Å²) in [7, 11) is 1.62. The summed E-state index contributed by atoms with van der Waals surface area (Å²) in [5.41, 5.74) is 5.80. The van der Waals surface area contributed by atoms with E-state index in [2.05, 4.69) is 5.32 Å². The summed E-state index contributed by atoms with van der Waals surface area (Å²) in [5, 5.41) is 2.82. The average Bonchev–Trinajstić information content (AvgIpc) is 2.28. The van der Waals surface area contributed by atoms with Gasteiger partial charge in [0.1, 0.15) is 6.61 Å². The van der Waals surface area contributed by atoms with Gasteiger partial charge in [0, 0.05) is 19.2 Å². The minimum Gasteiger partial charge on any atom is -0.383 e. The molecule has 0 bridgehead atoms. The Bertz CT molecular complexity index is 228. The highest BCUT2D eigenvalue weighted by atomic mass is 16.5. The third-order valence-electron chi connectivity index (χ3n) is 2.99. The number of nitrogens with two attached hydrogens (primary N) is 1. The highest BCUT2D eigenvalue weighted by Gasteiger charge is 2.19. The molecule has 0 radical (unpaired) electrons. The molecule has 1 aliphatic carbocycles. The van der Waals surface area contributed by atoms with Gasteiger partial charge in [-0.2, -0.15) is 0 Å². The molecule has 5 heteroatoms. The van der Waals surface area contributed by atoms with E-state index in [0.29, 0.717) is 12.6 Å². The van der Waals surface area contributed by atoms with Gasteiger partial charge in [-0.25, -0.2) is 0 Å². The number of ether oxygens (including phenoxy) is 2. The lowest BCUT2D eigenvalue weighted by atomic mass is 9.94. The van der Waals surface area contributed by atoms with Gasteiger partial charge < -0.3 is 20.5 Å². The molecule has 0 aromatic heterocycles. The highest BCUT2D eigenvalue weighted by Crippen LogP contribution is 2.19. The van der Waals surface area contributed by atoms with E-state index in [-0.39, 0.29) is 24.7 Å². The van der Waals surface area contributed by atoms with Crippen LogP contribution in [0.15, 0.2) is 0 Å². The Morgan fingerprint density at radius 3 is 2.65 bits per heavy atom. The Labute approximate surface area is 103 Å². The quantitative estimate of drug-likeness (QED) is 0.710. The van der Waals surface area contributed by atoms with Crippen LogP contribution < -0.4 is 11.1 Å². The number of methoxy groups -OCH3 is 1. The first-order chi connectivity index (χ1) is 8.11. The summed E-state index contributed by atoms with van der Waals surface area (Å²) in [6, 6.07) is 0.335. The van der Waals surface area contributed by atoms with Crippen molar-refractivity contribution in [2.75, 3.05) is 20.3 Å². The van der Waals surface area contributed by atoms with Crippen LogP contribution in [-0.4, -0.2) is 44.4 Å². The van der Waals surface area contributed by atoms with Crippen molar-refractivity contribution in [3.8, 4) is 0 Å². The third-order valence-corrected chi connectivity index (χ3v) is 2.99. The van der Waals surface area contributed by atoms with Crippen molar-refractivity contribution in [1.82, 2.24) is 5.32 Å². The van der Waals surface area contributed by atoms with Gasteiger partial charge in [-0.3, -0.25) is 4.79 Å². The minimum atomic E-state index is -0.0792. The summed E-state index contributed by atoms with van der Waals surface area (Å²) >= 11 is 0. The van der Waals surface area contributed by atoms with Crippen LogP contribution in [0.4, 0.5) is 0 Å². The van der Waals surface area contributed by atoms with Crippen LogP contribution in [0.1, 0.15) is 32.6 Å². The van der Waals surface area contributed by atoms with Crippen molar-refractivity contribution in [3.63, 3.8) is 0 Å². The zero-order valence-corrected chi connectivity index (χ0v) is 10.8. The van der Waals surface area contributed by atoms with Crippen LogP contribution in [-0.2, 0) is 14.3 Å². The molecule has 0 heterocycles. The normalized spacial score (nSPS) is 26.5. The van der Waals surface area contributed by atoms with E-state index in [1.807, 2.05) is 6.92 Å². The first kappa shape index (κ1) is 14.4. The van der Waals surface area contributed by atoms with Crippen molar-refractivity contribution in [3.05, 3.63) is 0 Å². The summed E-state index contributed by atoms with van der Waals surface area (Å²) in [5.74, 6) is -0.0792. The van der Waals surface area contributed by atoms with Gasteiger partial charge in [-0.05, 0) is 32.6 Å². The van der Waals surface area contributed by atoms with E-state index in [9.17, 15) is 4.79 Å². The van der Waals surface area contributed by atoms with E-state index in [0.717, 1.165) is 25.7 Å². The zero-order chi connectivity index (χ0) is 12.7. The summed E-state index contributed by atoms with van der Waals surface area (Å²) in [6.45, 7) is 2.55. The van der Waals surface area contributed by atoms with Gasteiger partial charge in [0.25, 0.3) is 0 Å². The molecule has 0 aliphatic heterocycles. The number of carbonyl (C=O) groups is 1. The molecule has 3 N–H and O–H groups in total. The maximum atomic E-state index is 11.5. The summed E-state index contributed by atoms with van der Waals surface area (Å²) < 4.78 is 10.5.